The minimum Gasteiger partial charge on any atom is -0.483 e. The lowest BCUT2D eigenvalue weighted by Crippen LogP contribution is -2.44. The molecule has 2 heterocycles. The van der Waals surface area contributed by atoms with Gasteiger partial charge in [0.2, 0.25) is 5.91 Å². The van der Waals surface area contributed by atoms with Crippen LogP contribution in [0.4, 0.5) is 10.1 Å². The van der Waals surface area contributed by atoms with Gasteiger partial charge in [-0.1, -0.05) is 38.5 Å². The maximum atomic E-state index is 13.3. The molecule has 0 bridgehead atoms. The van der Waals surface area contributed by atoms with Gasteiger partial charge >= 0.3 is 0 Å². The number of nitrogens with zero attached hydrogens (tertiary/aromatic N) is 3. The highest BCUT2D eigenvalue weighted by molar-refractivity contribution is 5.99. The molecule has 1 aromatic heterocycles. The Morgan fingerprint density at radius 2 is 1.76 bits per heavy atom. The van der Waals surface area contributed by atoms with Gasteiger partial charge in [0.25, 0.3) is 0 Å². The third kappa shape index (κ3) is 3.73. The number of benzene rings is 3. The van der Waals surface area contributed by atoms with Crippen molar-refractivity contribution in [1.29, 1.82) is 0 Å². The lowest BCUT2D eigenvalue weighted by atomic mass is 9.94. The molecule has 0 radical (unpaired) electrons. The Bertz CT molecular complexity index is 1390. The molecule has 0 aliphatic carbocycles. The van der Waals surface area contributed by atoms with Gasteiger partial charge in [0.05, 0.1) is 29.1 Å². The number of hydrogen-bond acceptors (Lipinski definition) is 3. The minimum atomic E-state index is -0.501. The normalized spacial score (nSPS) is 17.8. The van der Waals surface area contributed by atoms with E-state index in [-0.39, 0.29) is 23.9 Å². The number of fused-ring (bicyclic) bond motifs is 2. The van der Waals surface area contributed by atoms with E-state index in [4.69, 9.17) is 4.74 Å². The van der Waals surface area contributed by atoms with E-state index in [9.17, 15) is 9.18 Å². The van der Waals surface area contributed by atoms with Crippen molar-refractivity contribution in [2.45, 2.75) is 46.8 Å². The van der Waals surface area contributed by atoms with Crippen molar-refractivity contribution in [1.82, 2.24) is 9.78 Å². The van der Waals surface area contributed by atoms with E-state index < -0.39 is 5.41 Å². The molecule has 6 heteroatoms. The van der Waals surface area contributed by atoms with Crippen LogP contribution in [0.25, 0.3) is 16.6 Å². The summed E-state index contributed by atoms with van der Waals surface area (Å²) in [5.41, 5.74) is 4.24. The third-order valence-electron chi connectivity index (χ3n) is 6.33. The van der Waals surface area contributed by atoms with E-state index in [1.54, 1.807) is 23.0 Å². The summed E-state index contributed by atoms with van der Waals surface area (Å²) in [6.45, 7) is 9.91. The fraction of sp³-hybridized carbons (Fsp3) is 0.286. The molecule has 174 valence electrons. The number of anilines is 1. The van der Waals surface area contributed by atoms with Crippen LogP contribution in [0, 0.1) is 18.2 Å². The second kappa shape index (κ2) is 7.97. The molecule has 1 aliphatic heterocycles. The summed E-state index contributed by atoms with van der Waals surface area (Å²) < 4.78 is 21.6. The van der Waals surface area contributed by atoms with Crippen molar-refractivity contribution in [3.8, 4) is 11.4 Å². The number of amides is 1. The van der Waals surface area contributed by atoms with Crippen LogP contribution >= 0.6 is 0 Å². The van der Waals surface area contributed by atoms with E-state index in [1.807, 2.05) is 69.9 Å². The highest BCUT2D eigenvalue weighted by Crippen LogP contribution is 2.44. The predicted molar refractivity (Wildman–Crippen MR) is 132 cm³/mol. The Balaban J connectivity index is 1.49. The molecule has 2 atom stereocenters. The summed E-state index contributed by atoms with van der Waals surface area (Å²) in [6, 6.07) is 18.1. The molecular formula is C28H28FN3O2. The van der Waals surface area contributed by atoms with Crippen LogP contribution in [0.3, 0.4) is 0 Å². The fourth-order valence-electron chi connectivity index (χ4n) is 4.57. The Labute approximate surface area is 198 Å². The van der Waals surface area contributed by atoms with Crippen LogP contribution in [-0.2, 0) is 4.79 Å². The zero-order chi connectivity index (χ0) is 24.2. The van der Waals surface area contributed by atoms with Gasteiger partial charge in [0.15, 0.2) is 0 Å². The largest absolute Gasteiger partial charge is 0.483 e. The number of rotatable bonds is 3. The van der Waals surface area contributed by atoms with Gasteiger partial charge in [-0.15, -0.1) is 0 Å². The van der Waals surface area contributed by atoms with E-state index in [0.29, 0.717) is 5.75 Å². The molecule has 1 amide bonds. The first-order valence-electron chi connectivity index (χ1n) is 11.5. The first-order chi connectivity index (χ1) is 16.1. The van der Waals surface area contributed by atoms with E-state index >= 15 is 0 Å². The number of aryl methyl sites for hydroxylation is 1. The molecule has 3 aromatic carbocycles. The summed E-state index contributed by atoms with van der Waals surface area (Å²) in [6.07, 6.45) is 1.49. The molecule has 0 unspecified atom stereocenters. The van der Waals surface area contributed by atoms with Crippen LogP contribution in [0.5, 0.6) is 5.75 Å². The predicted octanol–water partition coefficient (Wildman–Crippen LogP) is 6.37. The van der Waals surface area contributed by atoms with Crippen molar-refractivity contribution in [2.24, 2.45) is 5.41 Å². The average molecular weight is 458 g/mol. The molecule has 34 heavy (non-hydrogen) atoms. The summed E-state index contributed by atoms with van der Waals surface area (Å²) in [4.78, 5) is 15.2. The van der Waals surface area contributed by atoms with Gasteiger partial charge in [-0.25, -0.2) is 9.07 Å². The van der Waals surface area contributed by atoms with Gasteiger partial charge in [-0.2, -0.15) is 5.10 Å². The number of carbonyl (C=O) groups is 1. The third-order valence-corrected chi connectivity index (χ3v) is 6.33. The van der Waals surface area contributed by atoms with Crippen LogP contribution in [0.15, 0.2) is 66.9 Å². The van der Waals surface area contributed by atoms with E-state index in [0.717, 1.165) is 33.4 Å². The second-order valence-corrected chi connectivity index (χ2v) is 10.0. The van der Waals surface area contributed by atoms with Gasteiger partial charge in [-0.3, -0.25) is 4.79 Å². The van der Waals surface area contributed by atoms with E-state index in [2.05, 4.69) is 11.2 Å². The number of hydrogen-bond donors (Lipinski definition) is 0. The molecule has 5 nitrogen and oxygen atoms in total. The Morgan fingerprint density at radius 3 is 2.47 bits per heavy atom. The average Bonchev–Trinajstić information content (AvgIpc) is 3.32. The molecule has 1 aliphatic rings. The summed E-state index contributed by atoms with van der Waals surface area (Å²) in [7, 11) is 0. The minimum absolute atomic E-state index is 0.0761. The lowest BCUT2D eigenvalue weighted by molar-refractivity contribution is -0.126. The highest BCUT2D eigenvalue weighted by Gasteiger charge is 2.43. The van der Waals surface area contributed by atoms with Gasteiger partial charge in [0, 0.05) is 16.4 Å². The summed E-state index contributed by atoms with van der Waals surface area (Å²) >= 11 is 0. The summed E-state index contributed by atoms with van der Waals surface area (Å²) in [5, 5.41) is 5.39. The zero-order valence-corrected chi connectivity index (χ0v) is 20.0. The molecule has 4 aromatic rings. The first kappa shape index (κ1) is 22.1. The molecule has 0 N–H and O–H groups in total. The highest BCUT2D eigenvalue weighted by atomic mass is 19.1. The maximum absolute atomic E-state index is 13.3. The number of carbonyl (C=O) groups excluding carboxylic acids is 1. The molecule has 0 spiro atoms. The number of halogens is 1. The van der Waals surface area contributed by atoms with Gasteiger partial charge in [0.1, 0.15) is 17.7 Å². The van der Waals surface area contributed by atoms with E-state index in [1.165, 1.54) is 12.1 Å². The van der Waals surface area contributed by atoms with Gasteiger partial charge in [-0.05, 0) is 62.4 Å². The van der Waals surface area contributed by atoms with Crippen molar-refractivity contribution in [2.75, 3.05) is 4.90 Å². The van der Waals surface area contributed by atoms with Crippen LogP contribution in [-0.4, -0.2) is 21.7 Å². The van der Waals surface area contributed by atoms with Crippen LogP contribution < -0.4 is 9.64 Å². The quantitative estimate of drug-likeness (QED) is 0.359. The number of aromatic nitrogens is 2. The van der Waals surface area contributed by atoms with Gasteiger partial charge < -0.3 is 9.64 Å². The molecule has 5 rings (SSSR count). The Kier molecular flexibility index (Phi) is 5.19. The van der Waals surface area contributed by atoms with Crippen LogP contribution in [0.1, 0.15) is 44.9 Å². The first-order valence-corrected chi connectivity index (χ1v) is 11.5. The van der Waals surface area contributed by atoms with Crippen molar-refractivity contribution in [3.63, 3.8) is 0 Å². The summed E-state index contributed by atoms with van der Waals surface area (Å²) in [5.74, 6) is 0.504. The standard InChI is InChI=1S/C28H28FN3O2/c1-17-6-12-25-23(14-17)26(18(2)31(25)27(33)28(3,4)5)34-22-11-13-24-19(15-22)16-30-32(24)21-9-7-20(29)8-10-21/h6-16,18,26H,1-5H3/t18-,26-/m0/s1. The smallest absolute Gasteiger partial charge is 0.232 e. The SMILES string of the molecule is Cc1ccc2c(c1)[C@@H](Oc1ccc3c(cnn3-c3ccc(F)cc3)c1)[C@H](C)N2C(=O)C(C)(C)C. The molecular weight excluding hydrogens is 429 g/mol. The van der Waals surface area contributed by atoms with Crippen molar-refractivity contribution in [3.05, 3.63) is 83.8 Å². The fourth-order valence-corrected chi connectivity index (χ4v) is 4.57. The van der Waals surface area contributed by atoms with Crippen molar-refractivity contribution >= 4 is 22.5 Å². The van der Waals surface area contributed by atoms with Crippen molar-refractivity contribution < 1.29 is 13.9 Å². The Morgan fingerprint density at radius 1 is 1.03 bits per heavy atom. The topological polar surface area (TPSA) is 47.4 Å². The molecule has 0 saturated heterocycles. The molecule has 0 fully saturated rings. The van der Waals surface area contributed by atoms with Crippen LogP contribution in [0.2, 0.25) is 0 Å². The monoisotopic (exact) mass is 457 g/mol. The Hall–Kier alpha value is -3.67. The zero-order valence-electron chi connectivity index (χ0n) is 20.0. The second-order valence-electron chi connectivity index (χ2n) is 10.0. The maximum Gasteiger partial charge on any atom is 0.232 e. The lowest BCUT2D eigenvalue weighted by Gasteiger charge is -2.31. The molecule has 0 saturated carbocycles. The number of ether oxygens (including phenoxy) is 1.